The number of nitrogens with zero attached hydrogens (tertiary/aromatic N) is 6. The van der Waals surface area contributed by atoms with Crippen LogP contribution in [0.5, 0.6) is 23.0 Å². The van der Waals surface area contributed by atoms with E-state index in [1.807, 2.05) is 144 Å². The zero-order valence-electron chi connectivity index (χ0n) is 27.9. The van der Waals surface area contributed by atoms with Gasteiger partial charge >= 0.3 is 42.1 Å². The van der Waals surface area contributed by atoms with Gasteiger partial charge in [0.25, 0.3) is 0 Å². The summed E-state index contributed by atoms with van der Waals surface area (Å²) in [6, 6.07) is 48.5. The zero-order valence-corrected chi connectivity index (χ0v) is 32.5. The molecule has 0 radical (unpaired) electrons. The summed E-state index contributed by atoms with van der Waals surface area (Å²) >= 11 is 0. The Labute approximate surface area is 334 Å². The van der Waals surface area contributed by atoms with E-state index in [-0.39, 0.29) is 42.1 Å². The molecular weight excluding hydrogens is 1020 g/mol. The zero-order chi connectivity index (χ0) is 34.1. The van der Waals surface area contributed by atoms with Crippen molar-refractivity contribution in [3.05, 3.63) is 164 Å². The van der Waals surface area contributed by atoms with Crippen LogP contribution in [0.1, 0.15) is 0 Å². The van der Waals surface area contributed by atoms with Gasteiger partial charge in [0.2, 0.25) is 5.95 Å². The molecule has 0 spiro atoms. The summed E-state index contributed by atoms with van der Waals surface area (Å²) in [5.41, 5.74) is 6.67. The topological polar surface area (TPSA) is 79.9 Å². The Hall–Kier alpha value is -5.68. The number of fused-ring (bicyclic) bond motifs is 3. The summed E-state index contributed by atoms with van der Waals surface area (Å²) in [7, 11) is 2.00. The minimum atomic E-state index is 0. The molecule has 4 aromatic carbocycles. The maximum Gasteiger partial charge on any atom is 2.00 e. The van der Waals surface area contributed by atoms with Crippen LogP contribution in [-0.2, 0) is 49.2 Å². The van der Waals surface area contributed by atoms with E-state index in [2.05, 4.69) is 34.2 Å². The van der Waals surface area contributed by atoms with Gasteiger partial charge in [-0.25, -0.2) is 9.97 Å². The SMILES string of the molecule is Cn1cccc1-c1cnc(-n2c3[c-]c(Oc4[c-]c(-c5ccccn5)ccc4)ccc3c3ccc(Oc4[c-]c(-c5ccccn5)ccc4)[c-]c32)nc1.[Pt+2].[Pt+2]. The summed E-state index contributed by atoms with van der Waals surface area (Å²) in [4.78, 5) is 18.6. The van der Waals surface area contributed by atoms with Crippen LogP contribution in [0, 0.1) is 24.3 Å². The van der Waals surface area contributed by atoms with Crippen LogP contribution in [-0.4, -0.2) is 29.1 Å². The van der Waals surface area contributed by atoms with Crippen LogP contribution in [0.15, 0.2) is 140 Å². The smallest absolute Gasteiger partial charge is 0.503 e. The third-order valence-electron chi connectivity index (χ3n) is 8.47. The van der Waals surface area contributed by atoms with Gasteiger partial charge in [0.15, 0.2) is 0 Å². The third-order valence-corrected chi connectivity index (χ3v) is 8.47. The van der Waals surface area contributed by atoms with Crippen molar-refractivity contribution >= 4 is 21.8 Å². The monoisotopic (exact) mass is 1050 g/mol. The second-order valence-corrected chi connectivity index (χ2v) is 11.8. The Morgan fingerprint density at radius 3 is 1.51 bits per heavy atom. The van der Waals surface area contributed by atoms with Gasteiger partial charge in [-0.3, -0.25) is 0 Å². The van der Waals surface area contributed by atoms with Gasteiger partial charge < -0.3 is 28.6 Å². The van der Waals surface area contributed by atoms with Crippen LogP contribution >= 0.6 is 0 Å². The standard InChI is InChI=1S/C43H26N6O2.2Pt/c1-48-22-8-15-40(48)31-27-46-43(47-28-31)49-41-25-34(50-32-11-6-9-29(23-32)38-13-2-4-20-44-38)16-18-36(41)37-19-17-35(26-42(37)49)51-33-12-7-10-30(24-33)39-14-3-5-21-45-39;;/h2-22,27-28H,1H3;;/q-4;2*+2. The minimum absolute atomic E-state index is 0. The van der Waals surface area contributed by atoms with E-state index in [4.69, 9.17) is 19.4 Å². The van der Waals surface area contributed by atoms with Crippen LogP contribution in [0.25, 0.3) is 61.5 Å². The van der Waals surface area contributed by atoms with E-state index in [0.717, 1.165) is 55.6 Å². The van der Waals surface area contributed by atoms with Crippen LogP contribution in [0.2, 0.25) is 0 Å². The molecule has 9 aromatic rings. The molecule has 0 fully saturated rings. The molecule has 0 aliphatic heterocycles. The number of benzene rings is 4. The molecule has 0 bridgehead atoms. The number of pyridine rings is 2. The number of hydrogen-bond acceptors (Lipinski definition) is 6. The average Bonchev–Trinajstić information content (AvgIpc) is 3.76. The van der Waals surface area contributed by atoms with Crippen molar-refractivity contribution in [2.45, 2.75) is 0 Å². The predicted molar refractivity (Wildman–Crippen MR) is 196 cm³/mol. The van der Waals surface area contributed by atoms with E-state index in [1.54, 1.807) is 12.4 Å². The number of aryl methyl sites for hydroxylation is 1. The summed E-state index contributed by atoms with van der Waals surface area (Å²) in [6.07, 6.45) is 9.17. The first-order chi connectivity index (χ1) is 25.2. The van der Waals surface area contributed by atoms with Crippen LogP contribution in [0.3, 0.4) is 0 Å². The van der Waals surface area contributed by atoms with Crippen molar-refractivity contribution < 1.29 is 51.6 Å². The second-order valence-electron chi connectivity index (χ2n) is 11.8. The average molecular weight is 1050 g/mol. The van der Waals surface area contributed by atoms with E-state index in [0.29, 0.717) is 28.9 Å². The molecule has 0 atom stereocenters. The molecule has 0 N–H and O–H groups in total. The maximum atomic E-state index is 6.33. The van der Waals surface area contributed by atoms with Gasteiger partial charge in [0.1, 0.15) is 0 Å². The number of rotatable bonds is 8. The minimum Gasteiger partial charge on any atom is -0.503 e. The largest absolute Gasteiger partial charge is 2.00 e. The Kier molecular flexibility index (Phi) is 10.4. The molecule has 260 valence electrons. The molecule has 8 nitrogen and oxygen atoms in total. The first-order valence-corrected chi connectivity index (χ1v) is 16.3. The fourth-order valence-corrected chi connectivity index (χ4v) is 6.07. The fraction of sp³-hybridized carbons (Fsp3) is 0.0233. The molecule has 53 heavy (non-hydrogen) atoms. The molecule has 0 aliphatic rings. The number of aromatic nitrogens is 6. The molecule has 5 heterocycles. The maximum absolute atomic E-state index is 6.33. The van der Waals surface area contributed by atoms with Gasteiger partial charge in [-0.15, -0.1) is 71.8 Å². The molecule has 5 aromatic heterocycles. The Bertz CT molecular complexity index is 2520. The van der Waals surface area contributed by atoms with Crippen LogP contribution in [0.4, 0.5) is 0 Å². The second kappa shape index (κ2) is 15.5. The van der Waals surface area contributed by atoms with E-state index < -0.39 is 0 Å². The molecule has 0 amide bonds. The summed E-state index contributed by atoms with van der Waals surface area (Å²) in [6.45, 7) is 0. The first kappa shape index (κ1) is 35.7. The van der Waals surface area contributed by atoms with Gasteiger partial charge in [-0.1, -0.05) is 47.4 Å². The molecule has 10 heteroatoms. The van der Waals surface area contributed by atoms with E-state index in [1.165, 1.54) is 0 Å². The number of hydrogen-bond donors (Lipinski definition) is 0. The molecule has 0 unspecified atom stereocenters. The summed E-state index contributed by atoms with van der Waals surface area (Å²) in [5.74, 6) is 2.58. The molecular formula is C43H26N6O2Pt2. The van der Waals surface area contributed by atoms with Crippen molar-refractivity contribution in [2.24, 2.45) is 7.05 Å². The fourth-order valence-electron chi connectivity index (χ4n) is 6.07. The van der Waals surface area contributed by atoms with Crippen LogP contribution < -0.4 is 9.47 Å². The van der Waals surface area contributed by atoms with Crippen molar-refractivity contribution in [1.82, 2.24) is 29.1 Å². The van der Waals surface area contributed by atoms with Crippen molar-refractivity contribution in [2.75, 3.05) is 0 Å². The molecule has 0 saturated carbocycles. The molecule has 9 rings (SSSR count). The Balaban J connectivity index is 0.00000218. The number of ether oxygens (including phenoxy) is 2. The Morgan fingerprint density at radius 2 is 1.04 bits per heavy atom. The van der Waals surface area contributed by atoms with Gasteiger partial charge in [0.05, 0.1) is 5.69 Å². The van der Waals surface area contributed by atoms with Crippen molar-refractivity contribution in [3.63, 3.8) is 0 Å². The summed E-state index contributed by atoms with van der Waals surface area (Å²) in [5, 5.41) is 1.87. The quantitative estimate of drug-likeness (QED) is 0.141. The van der Waals surface area contributed by atoms with Gasteiger partial charge in [-0.2, -0.15) is 22.9 Å². The van der Waals surface area contributed by atoms with Crippen molar-refractivity contribution in [3.8, 4) is 62.7 Å². The Morgan fingerprint density at radius 1 is 0.509 bits per heavy atom. The molecule has 0 saturated heterocycles. The molecule has 0 aliphatic carbocycles. The third kappa shape index (κ3) is 7.21. The van der Waals surface area contributed by atoms with Gasteiger partial charge in [-0.05, 0) is 35.7 Å². The van der Waals surface area contributed by atoms with Crippen molar-refractivity contribution in [1.29, 1.82) is 0 Å². The normalized spacial score (nSPS) is 10.8. The van der Waals surface area contributed by atoms with E-state index in [9.17, 15) is 0 Å². The summed E-state index contributed by atoms with van der Waals surface area (Å²) < 4.78 is 16.6. The first-order valence-electron chi connectivity index (χ1n) is 16.3. The van der Waals surface area contributed by atoms with Gasteiger partial charge in [0, 0.05) is 66.6 Å². The predicted octanol–water partition coefficient (Wildman–Crippen LogP) is 9.48. The van der Waals surface area contributed by atoms with E-state index >= 15 is 0 Å².